The molecule has 126 valence electrons. The summed E-state index contributed by atoms with van der Waals surface area (Å²) in [6, 6.07) is 20.8. The van der Waals surface area contributed by atoms with Gasteiger partial charge in [-0.3, -0.25) is 4.79 Å². The van der Waals surface area contributed by atoms with E-state index in [1.807, 2.05) is 12.1 Å². The average Bonchev–Trinajstić information content (AvgIpc) is 3.27. The van der Waals surface area contributed by atoms with E-state index in [1.165, 1.54) is 27.5 Å². The van der Waals surface area contributed by atoms with Crippen molar-refractivity contribution in [1.29, 1.82) is 0 Å². The SMILES string of the molecule is CC(=O)c1ccc(-c2nc3c4ccccc4c4ccccc4c3n2C)s1. The van der Waals surface area contributed by atoms with Crippen molar-refractivity contribution in [3.8, 4) is 10.7 Å². The number of imidazole rings is 1. The van der Waals surface area contributed by atoms with Crippen LogP contribution in [0.15, 0.2) is 60.7 Å². The number of Topliss-reactive ketones (excluding diaryl/α,β-unsaturated/α-hetero) is 1. The summed E-state index contributed by atoms with van der Waals surface area (Å²) in [5.74, 6) is 0.995. The van der Waals surface area contributed by atoms with Gasteiger partial charge in [0.05, 0.1) is 20.8 Å². The van der Waals surface area contributed by atoms with Crippen LogP contribution in [0.5, 0.6) is 0 Å². The highest BCUT2D eigenvalue weighted by Crippen LogP contribution is 2.38. The average molecular weight is 356 g/mol. The van der Waals surface area contributed by atoms with Crippen molar-refractivity contribution in [2.24, 2.45) is 7.05 Å². The smallest absolute Gasteiger partial charge is 0.169 e. The molecule has 0 N–H and O–H groups in total. The predicted molar refractivity (Wildman–Crippen MR) is 109 cm³/mol. The molecule has 0 aliphatic heterocycles. The van der Waals surface area contributed by atoms with Crippen LogP contribution in [0.1, 0.15) is 16.6 Å². The van der Waals surface area contributed by atoms with Crippen LogP contribution in [0.3, 0.4) is 0 Å². The highest BCUT2D eigenvalue weighted by atomic mass is 32.1. The van der Waals surface area contributed by atoms with Gasteiger partial charge in [-0.2, -0.15) is 0 Å². The molecule has 0 aliphatic rings. The van der Waals surface area contributed by atoms with Crippen molar-refractivity contribution in [2.75, 3.05) is 0 Å². The molecule has 0 saturated heterocycles. The Hall–Kier alpha value is -2.98. The fourth-order valence-electron chi connectivity index (χ4n) is 3.71. The quantitative estimate of drug-likeness (QED) is 0.295. The summed E-state index contributed by atoms with van der Waals surface area (Å²) < 4.78 is 2.15. The minimum absolute atomic E-state index is 0.0934. The summed E-state index contributed by atoms with van der Waals surface area (Å²) in [6.07, 6.45) is 0. The lowest BCUT2D eigenvalue weighted by atomic mass is 10.00. The molecule has 0 aliphatic carbocycles. The molecular weight excluding hydrogens is 340 g/mol. The molecule has 4 heteroatoms. The van der Waals surface area contributed by atoms with E-state index in [0.717, 1.165) is 32.0 Å². The molecule has 2 heterocycles. The van der Waals surface area contributed by atoms with Gasteiger partial charge in [-0.15, -0.1) is 11.3 Å². The molecule has 0 atom stereocenters. The van der Waals surface area contributed by atoms with Crippen molar-refractivity contribution < 1.29 is 4.79 Å². The highest BCUT2D eigenvalue weighted by molar-refractivity contribution is 7.17. The molecular formula is C22H16N2OS. The lowest BCUT2D eigenvalue weighted by molar-refractivity contribution is 0.102. The van der Waals surface area contributed by atoms with E-state index < -0.39 is 0 Å². The zero-order valence-corrected chi connectivity index (χ0v) is 15.3. The molecule has 5 rings (SSSR count). The third-order valence-corrected chi connectivity index (χ3v) is 6.11. The highest BCUT2D eigenvalue weighted by Gasteiger charge is 2.18. The van der Waals surface area contributed by atoms with Gasteiger partial charge >= 0.3 is 0 Å². The molecule has 2 aromatic heterocycles. The number of aryl methyl sites for hydroxylation is 1. The number of fused-ring (bicyclic) bond motifs is 6. The first-order chi connectivity index (χ1) is 12.6. The minimum atomic E-state index is 0.0934. The van der Waals surface area contributed by atoms with Crippen molar-refractivity contribution in [3.05, 3.63) is 65.5 Å². The summed E-state index contributed by atoms with van der Waals surface area (Å²) in [5, 5.41) is 4.81. The topological polar surface area (TPSA) is 34.9 Å². The van der Waals surface area contributed by atoms with Crippen molar-refractivity contribution in [1.82, 2.24) is 9.55 Å². The maximum Gasteiger partial charge on any atom is 0.169 e. The van der Waals surface area contributed by atoms with Crippen molar-refractivity contribution in [2.45, 2.75) is 6.92 Å². The normalized spacial score (nSPS) is 11.6. The second-order valence-electron chi connectivity index (χ2n) is 6.50. The first kappa shape index (κ1) is 15.3. The van der Waals surface area contributed by atoms with Crippen LogP contribution in [-0.2, 0) is 7.05 Å². The summed E-state index contributed by atoms with van der Waals surface area (Å²) in [6.45, 7) is 1.60. The Bertz CT molecular complexity index is 1330. The number of hydrogen-bond acceptors (Lipinski definition) is 3. The van der Waals surface area contributed by atoms with Crippen molar-refractivity contribution in [3.63, 3.8) is 0 Å². The van der Waals surface area contributed by atoms with Crippen LogP contribution in [0.2, 0.25) is 0 Å². The monoisotopic (exact) mass is 356 g/mol. The van der Waals surface area contributed by atoms with Crippen LogP contribution < -0.4 is 0 Å². The molecule has 3 aromatic carbocycles. The van der Waals surface area contributed by atoms with Gasteiger partial charge in [-0.25, -0.2) is 4.98 Å². The van der Waals surface area contributed by atoms with Gasteiger partial charge in [0.1, 0.15) is 0 Å². The fraction of sp³-hybridized carbons (Fsp3) is 0.0909. The number of rotatable bonds is 2. The predicted octanol–water partition coefficient (Wildman–Crippen LogP) is 5.81. The molecule has 5 aromatic rings. The Morgan fingerprint density at radius 1 is 0.885 bits per heavy atom. The number of nitrogens with zero attached hydrogens (tertiary/aromatic N) is 2. The largest absolute Gasteiger partial charge is 0.326 e. The first-order valence-corrected chi connectivity index (χ1v) is 9.34. The zero-order valence-electron chi connectivity index (χ0n) is 14.5. The first-order valence-electron chi connectivity index (χ1n) is 8.52. The van der Waals surface area contributed by atoms with Gasteiger partial charge < -0.3 is 4.57 Å². The van der Waals surface area contributed by atoms with Gasteiger partial charge in [0, 0.05) is 17.8 Å². The Kier molecular flexibility index (Phi) is 3.24. The maximum atomic E-state index is 11.7. The Morgan fingerprint density at radius 2 is 1.50 bits per heavy atom. The van der Waals surface area contributed by atoms with Gasteiger partial charge in [-0.1, -0.05) is 48.5 Å². The molecule has 0 radical (unpaired) electrons. The molecule has 0 unspecified atom stereocenters. The lowest BCUT2D eigenvalue weighted by Crippen LogP contribution is -1.91. The number of ketones is 1. The van der Waals surface area contributed by atoms with E-state index in [2.05, 4.69) is 60.1 Å². The Balaban J connectivity index is 1.94. The van der Waals surface area contributed by atoms with E-state index in [1.54, 1.807) is 6.92 Å². The second-order valence-corrected chi connectivity index (χ2v) is 7.59. The summed E-state index contributed by atoms with van der Waals surface area (Å²) in [7, 11) is 2.05. The lowest BCUT2D eigenvalue weighted by Gasteiger charge is -2.07. The van der Waals surface area contributed by atoms with Crippen LogP contribution in [0.4, 0.5) is 0 Å². The second kappa shape index (κ2) is 5.51. The van der Waals surface area contributed by atoms with Crippen LogP contribution in [0.25, 0.3) is 43.3 Å². The Labute approximate surface area is 154 Å². The van der Waals surface area contributed by atoms with Crippen LogP contribution in [0, 0.1) is 0 Å². The van der Waals surface area contributed by atoms with Crippen LogP contribution in [-0.4, -0.2) is 15.3 Å². The summed E-state index contributed by atoms with van der Waals surface area (Å²) in [5.41, 5.74) is 2.14. The number of hydrogen-bond donors (Lipinski definition) is 0. The number of carbonyl (C=O) groups is 1. The van der Waals surface area contributed by atoms with E-state index in [4.69, 9.17) is 4.98 Å². The molecule has 0 amide bonds. The molecule has 0 spiro atoms. The third kappa shape index (κ3) is 2.06. The standard InChI is InChI=1S/C22H16N2OS/c1-13(25)18-11-12-19(26-18)22-23-20-16-9-5-3-7-14(16)15-8-4-6-10-17(15)21(20)24(22)2/h3-12H,1-2H3. The van der Waals surface area contributed by atoms with E-state index in [9.17, 15) is 4.79 Å². The minimum Gasteiger partial charge on any atom is -0.326 e. The van der Waals surface area contributed by atoms with Crippen molar-refractivity contribution >= 4 is 49.7 Å². The van der Waals surface area contributed by atoms with Gasteiger partial charge in [-0.05, 0) is 29.8 Å². The van der Waals surface area contributed by atoms with E-state index >= 15 is 0 Å². The number of thiophene rings is 1. The number of benzene rings is 3. The zero-order chi connectivity index (χ0) is 17.8. The molecule has 3 nitrogen and oxygen atoms in total. The van der Waals surface area contributed by atoms with E-state index in [-0.39, 0.29) is 5.78 Å². The Morgan fingerprint density at radius 3 is 2.15 bits per heavy atom. The summed E-state index contributed by atoms with van der Waals surface area (Å²) >= 11 is 1.50. The molecule has 26 heavy (non-hydrogen) atoms. The number of carbonyl (C=O) groups excluding carboxylic acids is 1. The molecule has 0 fully saturated rings. The molecule has 0 saturated carbocycles. The third-order valence-electron chi connectivity index (χ3n) is 4.92. The fourth-order valence-corrected chi connectivity index (χ4v) is 4.64. The maximum absolute atomic E-state index is 11.7. The van der Waals surface area contributed by atoms with Gasteiger partial charge in [0.25, 0.3) is 0 Å². The molecule has 0 bridgehead atoms. The van der Waals surface area contributed by atoms with Crippen LogP contribution >= 0.6 is 11.3 Å². The summed E-state index contributed by atoms with van der Waals surface area (Å²) in [4.78, 5) is 18.5. The van der Waals surface area contributed by atoms with E-state index in [0.29, 0.717) is 0 Å². The number of aromatic nitrogens is 2. The van der Waals surface area contributed by atoms with Gasteiger partial charge in [0.15, 0.2) is 11.6 Å². The van der Waals surface area contributed by atoms with Gasteiger partial charge in [0.2, 0.25) is 0 Å².